The highest BCUT2D eigenvalue weighted by Crippen LogP contribution is 2.26. The van der Waals surface area contributed by atoms with Crippen molar-refractivity contribution in [2.45, 2.75) is 36.5 Å². The van der Waals surface area contributed by atoms with Crippen LogP contribution in [0.1, 0.15) is 24.5 Å². The van der Waals surface area contributed by atoms with Gasteiger partial charge in [0.05, 0.1) is 10.3 Å². The Morgan fingerprint density at radius 2 is 2.10 bits per heavy atom. The number of benzene rings is 1. The summed E-state index contributed by atoms with van der Waals surface area (Å²) in [4.78, 5) is 16.5. The summed E-state index contributed by atoms with van der Waals surface area (Å²) in [6, 6.07) is 12.0. The number of carbonyl (C=O) groups is 1. The Labute approximate surface area is 129 Å². The van der Waals surface area contributed by atoms with E-state index in [4.69, 9.17) is 0 Å². The monoisotopic (exact) mass is 298 g/mol. The lowest BCUT2D eigenvalue weighted by Gasteiger charge is -2.12. The third kappa shape index (κ3) is 3.45. The summed E-state index contributed by atoms with van der Waals surface area (Å²) in [6.07, 6.45) is 5.25. The SMILES string of the molecule is C[C@H](Sc1ccccn1)C(=O)Nc1ccc2c(c1)CCC2. The first-order valence-electron chi connectivity index (χ1n) is 7.23. The lowest BCUT2D eigenvalue weighted by atomic mass is 10.1. The summed E-state index contributed by atoms with van der Waals surface area (Å²) in [5.74, 6) is 0.0172. The number of carbonyl (C=O) groups excluding carboxylic acids is 1. The third-order valence-corrected chi connectivity index (χ3v) is 4.72. The van der Waals surface area contributed by atoms with Crippen molar-refractivity contribution in [2.24, 2.45) is 0 Å². The molecule has 3 nitrogen and oxygen atoms in total. The highest BCUT2D eigenvalue weighted by Gasteiger charge is 2.16. The summed E-state index contributed by atoms with van der Waals surface area (Å²) < 4.78 is 0. The number of pyridine rings is 1. The lowest BCUT2D eigenvalue weighted by molar-refractivity contribution is -0.115. The van der Waals surface area contributed by atoms with Gasteiger partial charge in [-0.05, 0) is 61.6 Å². The molecule has 0 aliphatic heterocycles. The van der Waals surface area contributed by atoms with Crippen molar-refractivity contribution < 1.29 is 4.79 Å². The fourth-order valence-corrected chi connectivity index (χ4v) is 3.35. The Morgan fingerprint density at radius 1 is 1.24 bits per heavy atom. The Balaban J connectivity index is 1.63. The standard InChI is InChI=1S/C17H18N2OS/c1-12(21-16-7-2-3-10-18-16)17(20)19-15-9-8-13-5-4-6-14(13)11-15/h2-3,7-12H,4-6H2,1H3,(H,19,20)/t12-/m0/s1. The van der Waals surface area contributed by atoms with Gasteiger partial charge in [-0.15, -0.1) is 0 Å². The van der Waals surface area contributed by atoms with Gasteiger partial charge in [0.25, 0.3) is 0 Å². The van der Waals surface area contributed by atoms with Crippen LogP contribution < -0.4 is 5.32 Å². The minimum atomic E-state index is -0.173. The number of hydrogen-bond acceptors (Lipinski definition) is 3. The van der Waals surface area contributed by atoms with Crippen LogP contribution in [0, 0.1) is 0 Å². The molecule has 3 rings (SSSR count). The zero-order chi connectivity index (χ0) is 14.7. The van der Waals surface area contributed by atoms with E-state index < -0.39 is 0 Å². The highest BCUT2D eigenvalue weighted by molar-refractivity contribution is 8.00. The van der Waals surface area contributed by atoms with Crippen molar-refractivity contribution >= 4 is 23.4 Å². The van der Waals surface area contributed by atoms with Crippen LogP contribution in [0.3, 0.4) is 0 Å². The van der Waals surface area contributed by atoms with E-state index in [1.165, 1.54) is 29.3 Å². The molecule has 1 aliphatic carbocycles. The number of thioether (sulfide) groups is 1. The second kappa shape index (κ2) is 6.31. The second-order valence-electron chi connectivity index (χ2n) is 5.25. The second-order valence-corrected chi connectivity index (χ2v) is 6.62. The lowest BCUT2D eigenvalue weighted by Crippen LogP contribution is -2.22. The van der Waals surface area contributed by atoms with Crippen molar-refractivity contribution in [2.75, 3.05) is 5.32 Å². The molecule has 2 aromatic rings. The van der Waals surface area contributed by atoms with E-state index in [1.54, 1.807) is 6.20 Å². The van der Waals surface area contributed by atoms with E-state index in [-0.39, 0.29) is 11.2 Å². The molecule has 0 unspecified atom stereocenters. The predicted molar refractivity (Wildman–Crippen MR) is 86.7 cm³/mol. The van der Waals surface area contributed by atoms with Gasteiger partial charge in [-0.25, -0.2) is 4.98 Å². The number of amides is 1. The predicted octanol–water partition coefficient (Wildman–Crippen LogP) is 3.69. The molecule has 1 aliphatic rings. The molecule has 0 fully saturated rings. The maximum Gasteiger partial charge on any atom is 0.237 e. The average molecular weight is 298 g/mol. The van der Waals surface area contributed by atoms with Crippen molar-refractivity contribution in [1.29, 1.82) is 0 Å². The highest BCUT2D eigenvalue weighted by atomic mass is 32.2. The summed E-state index contributed by atoms with van der Waals surface area (Å²) in [7, 11) is 0. The maximum atomic E-state index is 12.3. The Morgan fingerprint density at radius 3 is 2.90 bits per heavy atom. The van der Waals surface area contributed by atoms with E-state index >= 15 is 0 Å². The van der Waals surface area contributed by atoms with E-state index in [2.05, 4.69) is 22.4 Å². The quantitative estimate of drug-likeness (QED) is 0.875. The van der Waals surface area contributed by atoms with Gasteiger partial charge in [0.2, 0.25) is 5.91 Å². The molecule has 1 aromatic heterocycles. The molecule has 1 N–H and O–H groups in total. The van der Waals surface area contributed by atoms with Crippen LogP contribution in [-0.2, 0) is 17.6 Å². The van der Waals surface area contributed by atoms with Crippen molar-refractivity contribution in [3.05, 3.63) is 53.7 Å². The number of aromatic nitrogens is 1. The molecule has 0 radical (unpaired) electrons. The van der Waals surface area contributed by atoms with Crippen LogP contribution in [0.25, 0.3) is 0 Å². The molecule has 108 valence electrons. The number of rotatable bonds is 4. The van der Waals surface area contributed by atoms with Crippen molar-refractivity contribution in [3.8, 4) is 0 Å². The Bertz CT molecular complexity index is 642. The summed E-state index contributed by atoms with van der Waals surface area (Å²) in [6.45, 7) is 1.90. The summed E-state index contributed by atoms with van der Waals surface area (Å²) in [5.41, 5.74) is 3.69. The van der Waals surface area contributed by atoms with Gasteiger partial charge in [-0.3, -0.25) is 4.79 Å². The van der Waals surface area contributed by atoms with Crippen LogP contribution in [0.15, 0.2) is 47.6 Å². The first-order valence-corrected chi connectivity index (χ1v) is 8.11. The van der Waals surface area contributed by atoms with Crippen molar-refractivity contribution in [3.63, 3.8) is 0 Å². The molecule has 1 atom stereocenters. The molecule has 0 spiro atoms. The molecule has 0 bridgehead atoms. The Kier molecular flexibility index (Phi) is 4.25. The fraction of sp³-hybridized carbons (Fsp3) is 0.294. The number of nitrogens with zero attached hydrogens (tertiary/aromatic N) is 1. The zero-order valence-electron chi connectivity index (χ0n) is 12.0. The summed E-state index contributed by atoms with van der Waals surface area (Å²) in [5, 5.41) is 3.70. The molecule has 21 heavy (non-hydrogen) atoms. The van der Waals surface area contributed by atoms with Gasteiger partial charge in [0, 0.05) is 11.9 Å². The summed E-state index contributed by atoms with van der Waals surface area (Å²) >= 11 is 1.47. The van der Waals surface area contributed by atoms with Crippen LogP contribution in [0.5, 0.6) is 0 Å². The molecular weight excluding hydrogens is 280 g/mol. The van der Waals surface area contributed by atoms with E-state index in [9.17, 15) is 4.79 Å². The largest absolute Gasteiger partial charge is 0.325 e. The van der Waals surface area contributed by atoms with Gasteiger partial charge in [0.1, 0.15) is 0 Å². The van der Waals surface area contributed by atoms with Gasteiger partial charge < -0.3 is 5.32 Å². The molecule has 4 heteroatoms. The Hall–Kier alpha value is -1.81. The van der Waals surface area contributed by atoms with E-state index in [0.29, 0.717) is 0 Å². The first-order chi connectivity index (χ1) is 10.2. The van der Waals surface area contributed by atoms with Crippen LogP contribution in [0.2, 0.25) is 0 Å². The number of nitrogens with one attached hydrogen (secondary N) is 1. The first kappa shape index (κ1) is 14.1. The zero-order valence-corrected chi connectivity index (χ0v) is 12.8. The minimum absolute atomic E-state index is 0.0172. The van der Waals surface area contributed by atoms with Gasteiger partial charge in [-0.2, -0.15) is 0 Å². The molecular formula is C17H18N2OS. The molecule has 1 heterocycles. The fourth-order valence-electron chi connectivity index (χ4n) is 2.54. The number of aryl methyl sites for hydroxylation is 2. The average Bonchev–Trinajstić information content (AvgIpc) is 2.95. The van der Waals surface area contributed by atoms with Gasteiger partial charge in [-0.1, -0.05) is 23.9 Å². The molecule has 1 aromatic carbocycles. The topological polar surface area (TPSA) is 42.0 Å². The number of fused-ring (bicyclic) bond motifs is 1. The van der Waals surface area contributed by atoms with Crippen LogP contribution in [-0.4, -0.2) is 16.1 Å². The van der Waals surface area contributed by atoms with Crippen LogP contribution >= 0.6 is 11.8 Å². The van der Waals surface area contributed by atoms with Crippen LogP contribution in [0.4, 0.5) is 5.69 Å². The van der Waals surface area contributed by atoms with E-state index in [0.717, 1.165) is 23.6 Å². The normalized spacial score (nSPS) is 14.5. The third-order valence-electron chi connectivity index (χ3n) is 3.67. The maximum absolute atomic E-state index is 12.3. The van der Waals surface area contributed by atoms with Crippen molar-refractivity contribution in [1.82, 2.24) is 4.98 Å². The molecule has 1 amide bonds. The minimum Gasteiger partial charge on any atom is -0.325 e. The van der Waals surface area contributed by atoms with E-state index in [1.807, 2.05) is 31.2 Å². The van der Waals surface area contributed by atoms with Gasteiger partial charge in [0.15, 0.2) is 0 Å². The number of hydrogen-bond donors (Lipinski definition) is 1. The number of anilines is 1. The molecule has 0 saturated heterocycles. The smallest absolute Gasteiger partial charge is 0.237 e. The van der Waals surface area contributed by atoms with Gasteiger partial charge >= 0.3 is 0 Å². The molecule has 0 saturated carbocycles.